The summed E-state index contributed by atoms with van der Waals surface area (Å²) in [6.07, 6.45) is 1.62. The molecule has 0 aromatic carbocycles. The Hall–Kier alpha value is -2.38. The topological polar surface area (TPSA) is 104 Å². The fourth-order valence-corrected chi connectivity index (χ4v) is 3.28. The van der Waals surface area contributed by atoms with Gasteiger partial charge in [-0.3, -0.25) is 4.79 Å². The Balaban J connectivity index is 1.79. The number of rotatable bonds is 1. The number of aromatic nitrogens is 2. The maximum absolute atomic E-state index is 12.8. The lowest BCUT2D eigenvalue weighted by molar-refractivity contribution is 0.0438. The molecule has 8 heteroatoms. The SMILES string of the molecule is CC(C)(C)c1cc(C(=O)N2CCCC3(CC2)CNC(=O)O3)nc(=O)[nH]1. The van der Waals surface area contributed by atoms with Crippen molar-refractivity contribution < 1.29 is 14.3 Å². The summed E-state index contributed by atoms with van der Waals surface area (Å²) in [6, 6.07) is 1.65. The monoisotopic (exact) mass is 348 g/mol. The van der Waals surface area contributed by atoms with Crippen molar-refractivity contribution in [3.8, 4) is 0 Å². The number of hydrogen-bond donors (Lipinski definition) is 2. The van der Waals surface area contributed by atoms with Crippen LogP contribution in [0.15, 0.2) is 10.9 Å². The van der Waals surface area contributed by atoms with Crippen LogP contribution in [-0.4, -0.2) is 52.1 Å². The Morgan fingerprint density at radius 3 is 2.68 bits per heavy atom. The second-order valence-corrected chi connectivity index (χ2v) is 7.81. The third kappa shape index (κ3) is 3.67. The van der Waals surface area contributed by atoms with E-state index >= 15 is 0 Å². The minimum atomic E-state index is -0.524. The van der Waals surface area contributed by atoms with Crippen LogP contribution in [0.3, 0.4) is 0 Å². The Morgan fingerprint density at radius 1 is 1.28 bits per heavy atom. The number of nitrogens with one attached hydrogen (secondary N) is 2. The molecule has 3 rings (SSSR count). The molecule has 1 aromatic rings. The largest absolute Gasteiger partial charge is 0.441 e. The van der Waals surface area contributed by atoms with Crippen molar-refractivity contribution >= 4 is 12.0 Å². The second kappa shape index (κ2) is 6.16. The summed E-state index contributed by atoms with van der Waals surface area (Å²) >= 11 is 0. The van der Waals surface area contributed by atoms with Gasteiger partial charge in [-0.25, -0.2) is 9.59 Å². The fourth-order valence-electron chi connectivity index (χ4n) is 3.28. The van der Waals surface area contributed by atoms with E-state index in [1.807, 2.05) is 20.8 Å². The Bertz CT molecular complexity index is 752. The molecule has 0 radical (unpaired) electrons. The van der Waals surface area contributed by atoms with Crippen LogP contribution in [0, 0.1) is 0 Å². The van der Waals surface area contributed by atoms with Crippen molar-refractivity contribution in [3.63, 3.8) is 0 Å². The van der Waals surface area contributed by atoms with E-state index in [0.717, 1.165) is 6.42 Å². The Kier molecular flexibility index (Phi) is 4.30. The van der Waals surface area contributed by atoms with Gasteiger partial charge >= 0.3 is 11.8 Å². The summed E-state index contributed by atoms with van der Waals surface area (Å²) in [6.45, 7) is 7.38. The van der Waals surface area contributed by atoms with Crippen LogP contribution in [-0.2, 0) is 10.2 Å². The highest BCUT2D eigenvalue weighted by molar-refractivity contribution is 5.92. The van der Waals surface area contributed by atoms with Gasteiger partial charge in [0.2, 0.25) is 0 Å². The molecule has 2 N–H and O–H groups in total. The van der Waals surface area contributed by atoms with Crippen LogP contribution >= 0.6 is 0 Å². The van der Waals surface area contributed by atoms with E-state index in [-0.39, 0.29) is 17.0 Å². The Morgan fingerprint density at radius 2 is 2.04 bits per heavy atom. The van der Waals surface area contributed by atoms with Gasteiger partial charge in [-0.15, -0.1) is 0 Å². The van der Waals surface area contributed by atoms with Crippen LogP contribution in [0.1, 0.15) is 56.2 Å². The van der Waals surface area contributed by atoms with E-state index in [4.69, 9.17) is 4.74 Å². The van der Waals surface area contributed by atoms with E-state index in [9.17, 15) is 14.4 Å². The molecule has 3 heterocycles. The van der Waals surface area contributed by atoms with Gasteiger partial charge < -0.3 is 19.9 Å². The Labute approximate surface area is 146 Å². The van der Waals surface area contributed by atoms with Crippen LogP contribution < -0.4 is 11.0 Å². The maximum Gasteiger partial charge on any atom is 0.407 e. The minimum Gasteiger partial charge on any atom is -0.441 e. The van der Waals surface area contributed by atoms with Crippen molar-refractivity contribution in [2.75, 3.05) is 19.6 Å². The van der Waals surface area contributed by atoms with Crippen LogP contribution in [0.4, 0.5) is 4.79 Å². The number of likely N-dealkylation sites (tertiary alicyclic amines) is 1. The standard InChI is InChI=1S/C17H24N4O4/c1-16(2,3)12-9-11(19-14(23)20-12)13(22)21-7-4-5-17(6-8-21)10-18-15(24)25-17/h9H,4-8,10H2,1-3H3,(H,18,24)(H,19,20,23). The lowest BCUT2D eigenvalue weighted by Gasteiger charge is -2.25. The number of carbonyl (C=O) groups is 2. The number of hydrogen-bond acceptors (Lipinski definition) is 5. The van der Waals surface area contributed by atoms with Gasteiger partial charge in [0.25, 0.3) is 5.91 Å². The summed E-state index contributed by atoms with van der Waals surface area (Å²) in [7, 11) is 0. The van der Waals surface area contributed by atoms with Crippen LogP contribution in [0.25, 0.3) is 0 Å². The number of amides is 2. The van der Waals surface area contributed by atoms with Gasteiger partial charge in [0.05, 0.1) is 6.54 Å². The van der Waals surface area contributed by atoms with Gasteiger partial charge in [0, 0.05) is 30.6 Å². The third-order valence-corrected chi connectivity index (χ3v) is 4.82. The first-order valence-electron chi connectivity index (χ1n) is 8.57. The highest BCUT2D eigenvalue weighted by Crippen LogP contribution is 2.29. The van der Waals surface area contributed by atoms with Crippen molar-refractivity contribution in [3.05, 3.63) is 27.9 Å². The molecule has 1 aromatic heterocycles. The highest BCUT2D eigenvalue weighted by atomic mass is 16.6. The first kappa shape index (κ1) is 17.4. The van der Waals surface area contributed by atoms with Crippen LogP contribution in [0.2, 0.25) is 0 Å². The molecule has 0 bridgehead atoms. The number of H-pyrrole nitrogens is 1. The number of ether oxygens (including phenoxy) is 1. The summed E-state index contributed by atoms with van der Waals surface area (Å²) in [5.74, 6) is -0.258. The predicted octanol–water partition coefficient (Wildman–Crippen LogP) is 1.17. The van der Waals surface area contributed by atoms with Crippen molar-refractivity contribution in [2.24, 2.45) is 0 Å². The maximum atomic E-state index is 12.8. The van der Waals surface area contributed by atoms with Gasteiger partial charge in [0.1, 0.15) is 11.3 Å². The van der Waals surface area contributed by atoms with Gasteiger partial charge in [0.15, 0.2) is 0 Å². The first-order chi connectivity index (χ1) is 11.7. The highest BCUT2D eigenvalue weighted by Gasteiger charge is 2.42. The lowest BCUT2D eigenvalue weighted by atomic mass is 9.91. The molecule has 1 unspecified atom stereocenters. The number of aromatic amines is 1. The molecule has 8 nitrogen and oxygen atoms in total. The second-order valence-electron chi connectivity index (χ2n) is 7.81. The first-order valence-corrected chi connectivity index (χ1v) is 8.57. The van der Waals surface area contributed by atoms with E-state index in [1.54, 1.807) is 11.0 Å². The fraction of sp³-hybridized carbons (Fsp3) is 0.647. The summed E-state index contributed by atoms with van der Waals surface area (Å²) in [4.78, 5) is 44.3. The minimum absolute atomic E-state index is 0.158. The van der Waals surface area contributed by atoms with Gasteiger partial charge in [-0.1, -0.05) is 20.8 Å². The van der Waals surface area contributed by atoms with E-state index < -0.39 is 17.4 Å². The molecule has 1 spiro atoms. The quantitative estimate of drug-likeness (QED) is 0.793. The summed E-state index contributed by atoms with van der Waals surface area (Å²) in [5, 5.41) is 2.69. The van der Waals surface area contributed by atoms with E-state index in [0.29, 0.717) is 38.2 Å². The van der Waals surface area contributed by atoms with E-state index in [2.05, 4.69) is 15.3 Å². The van der Waals surface area contributed by atoms with Crippen molar-refractivity contribution in [2.45, 2.75) is 51.0 Å². The third-order valence-electron chi connectivity index (χ3n) is 4.82. The summed E-state index contributed by atoms with van der Waals surface area (Å²) in [5.41, 5.74) is -0.494. The molecule has 136 valence electrons. The van der Waals surface area contributed by atoms with Crippen molar-refractivity contribution in [1.29, 1.82) is 0 Å². The van der Waals surface area contributed by atoms with Gasteiger partial charge in [-0.2, -0.15) is 4.98 Å². The molecule has 25 heavy (non-hydrogen) atoms. The smallest absolute Gasteiger partial charge is 0.407 e. The van der Waals surface area contributed by atoms with Crippen LogP contribution in [0.5, 0.6) is 0 Å². The molecule has 2 aliphatic heterocycles. The molecule has 2 fully saturated rings. The number of carbonyl (C=O) groups excluding carboxylic acids is 2. The molecular weight excluding hydrogens is 324 g/mol. The zero-order chi connectivity index (χ0) is 18.2. The molecule has 2 amide bonds. The number of nitrogens with zero attached hydrogens (tertiary/aromatic N) is 2. The zero-order valence-corrected chi connectivity index (χ0v) is 14.8. The molecule has 2 saturated heterocycles. The molecule has 0 saturated carbocycles. The molecule has 0 aliphatic carbocycles. The lowest BCUT2D eigenvalue weighted by Crippen LogP contribution is -2.37. The predicted molar refractivity (Wildman–Crippen MR) is 90.5 cm³/mol. The van der Waals surface area contributed by atoms with E-state index in [1.165, 1.54) is 0 Å². The number of alkyl carbamates (subject to hydrolysis) is 1. The summed E-state index contributed by atoms with van der Waals surface area (Å²) < 4.78 is 5.43. The molecule has 2 aliphatic rings. The molecule has 1 atom stereocenters. The average Bonchev–Trinajstić information content (AvgIpc) is 2.76. The average molecular weight is 348 g/mol. The van der Waals surface area contributed by atoms with Gasteiger partial charge in [-0.05, 0) is 18.9 Å². The van der Waals surface area contributed by atoms with Crippen molar-refractivity contribution in [1.82, 2.24) is 20.2 Å². The zero-order valence-electron chi connectivity index (χ0n) is 14.8. The molecular formula is C17H24N4O4. The normalized spacial score (nSPS) is 24.0.